The Hall–Kier alpha value is -0.360. The number of rotatable bonds is 1. The van der Waals surface area contributed by atoms with Crippen LogP contribution in [0.1, 0.15) is 6.92 Å². The van der Waals surface area contributed by atoms with E-state index in [1.165, 1.54) is 0 Å². The summed E-state index contributed by atoms with van der Waals surface area (Å²) >= 11 is 8.23. The molecular formula is C9H11ClIN3. The Balaban J connectivity index is 2.10. The van der Waals surface area contributed by atoms with Crippen molar-refractivity contribution in [2.45, 2.75) is 18.6 Å². The first-order valence-electron chi connectivity index (χ1n) is 4.35. The fourth-order valence-corrected chi connectivity index (χ4v) is 2.53. The van der Waals surface area contributed by atoms with Gasteiger partial charge in [-0.05, 0) is 19.1 Å². The predicted molar refractivity (Wildman–Crippen MR) is 66.5 cm³/mol. The minimum Gasteiger partial charge on any atom is -0.366 e. The van der Waals surface area contributed by atoms with Crippen molar-refractivity contribution >= 4 is 34.5 Å². The van der Waals surface area contributed by atoms with Gasteiger partial charge in [0.15, 0.2) is 0 Å². The maximum absolute atomic E-state index is 5.97. The zero-order chi connectivity index (χ0) is 10.1. The van der Waals surface area contributed by atoms with E-state index in [0.717, 1.165) is 11.4 Å². The molecule has 3 nitrogen and oxygen atoms in total. The summed E-state index contributed by atoms with van der Waals surface area (Å²) in [4.78, 5) is 0. The molecule has 2 atom stereocenters. The van der Waals surface area contributed by atoms with Gasteiger partial charge in [-0.3, -0.25) is 3.11 Å². The van der Waals surface area contributed by atoms with E-state index in [1.54, 1.807) is 0 Å². The van der Waals surface area contributed by atoms with Crippen LogP contribution in [0.25, 0.3) is 0 Å². The highest BCUT2D eigenvalue weighted by molar-refractivity contribution is 14.1. The molecule has 0 aromatic heterocycles. The Morgan fingerprint density at radius 2 is 2.29 bits per heavy atom. The molecule has 0 aliphatic carbocycles. The molecule has 0 bridgehead atoms. The summed E-state index contributed by atoms with van der Waals surface area (Å²) in [5.74, 6) is 0. The summed E-state index contributed by atoms with van der Waals surface area (Å²) in [6.45, 7) is 2.04. The second-order valence-electron chi connectivity index (χ2n) is 3.26. The number of halogens is 2. The van der Waals surface area contributed by atoms with Gasteiger partial charge in [0.25, 0.3) is 0 Å². The molecule has 2 heterocycles. The lowest BCUT2D eigenvalue weighted by atomic mass is 10.2. The molecule has 0 saturated carbocycles. The number of nitrogens with zero attached hydrogens (tertiary/aromatic N) is 1. The molecule has 14 heavy (non-hydrogen) atoms. The smallest absolute Gasteiger partial charge is 0.148 e. The van der Waals surface area contributed by atoms with E-state index < -0.39 is 0 Å². The van der Waals surface area contributed by atoms with Gasteiger partial charge in [0.1, 0.15) is 11.7 Å². The van der Waals surface area contributed by atoms with E-state index in [9.17, 15) is 0 Å². The fraction of sp³-hybridized carbons (Fsp3) is 0.333. The Bertz CT molecular complexity index is 324. The van der Waals surface area contributed by atoms with Crippen LogP contribution in [0, 0.1) is 0 Å². The average Bonchev–Trinajstić information content (AvgIpc) is 2.45. The topological polar surface area (TPSA) is 27.3 Å². The van der Waals surface area contributed by atoms with E-state index in [2.05, 4.69) is 42.8 Å². The minimum absolute atomic E-state index is 0.109. The van der Waals surface area contributed by atoms with E-state index >= 15 is 0 Å². The highest BCUT2D eigenvalue weighted by atomic mass is 127. The summed E-state index contributed by atoms with van der Waals surface area (Å²) in [6, 6.07) is 0. The third kappa shape index (κ3) is 2.00. The number of allylic oxidation sites excluding steroid dienone is 3. The quantitative estimate of drug-likeness (QED) is 0.335. The maximum Gasteiger partial charge on any atom is 0.148 e. The molecule has 0 amide bonds. The van der Waals surface area contributed by atoms with Gasteiger partial charge in [-0.25, -0.2) is 0 Å². The Kier molecular flexibility index (Phi) is 2.92. The van der Waals surface area contributed by atoms with Crippen molar-refractivity contribution in [3.63, 3.8) is 0 Å². The minimum atomic E-state index is -0.109. The van der Waals surface area contributed by atoms with Crippen molar-refractivity contribution in [2.24, 2.45) is 0 Å². The van der Waals surface area contributed by atoms with Crippen molar-refractivity contribution in [3.05, 3.63) is 35.8 Å². The molecule has 0 aromatic rings. The first-order valence-corrected chi connectivity index (χ1v) is 5.75. The van der Waals surface area contributed by atoms with Crippen LogP contribution >= 0.6 is 34.5 Å². The number of nitrogens with one attached hydrogen (secondary N) is 2. The molecule has 0 saturated heterocycles. The van der Waals surface area contributed by atoms with Crippen LogP contribution in [0.3, 0.4) is 0 Å². The van der Waals surface area contributed by atoms with Crippen LogP contribution in [-0.2, 0) is 0 Å². The molecular weight excluding hydrogens is 312 g/mol. The largest absolute Gasteiger partial charge is 0.366 e. The number of alkyl halides is 1. The predicted octanol–water partition coefficient (Wildman–Crippen LogP) is 2.04. The van der Waals surface area contributed by atoms with Crippen LogP contribution in [0.15, 0.2) is 35.8 Å². The number of dihydropyridines is 1. The molecule has 2 N–H and O–H groups in total. The molecule has 0 aromatic carbocycles. The first kappa shape index (κ1) is 10.2. The molecule has 2 aliphatic heterocycles. The van der Waals surface area contributed by atoms with Gasteiger partial charge in [0.05, 0.1) is 28.6 Å². The Morgan fingerprint density at radius 3 is 2.86 bits per heavy atom. The average molecular weight is 324 g/mol. The lowest BCUT2D eigenvalue weighted by molar-refractivity contribution is 0.488. The second kappa shape index (κ2) is 4.02. The van der Waals surface area contributed by atoms with E-state index in [4.69, 9.17) is 11.6 Å². The molecule has 0 fully saturated rings. The highest BCUT2D eigenvalue weighted by Crippen LogP contribution is 2.22. The van der Waals surface area contributed by atoms with Crippen molar-refractivity contribution in [1.82, 2.24) is 13.7 Å². The fourth-order valence-electron chi connectivity index (χ4n) is 1.47. The van der Waals surface area contributed by atoms with Gasteiger partial charge in [0, 0.05) is 11.9 Å². The first-order chi connectivity index (χ1) is 6.66. The highest BCUT2D eigenvalue weighted by Gasteiger charge is 2.25. The summed E-state index contributed by atoms with van der Waals surface area (Å²) in [7, 11) is 0. The molecule has 2 unspecified atom stereocenters. The normalized spacial score (nSPS) is 30.6. The Morgan fingerprint density at radius 1 is 1.50 bits per heavy atom. The van der Waals surface area contributed by atoms with Gasteiger partial charge in [-0.15, -0.1) is 0 Å². The van der Waals surface area contributed by atoms with Gasteiger partial charge < -0.3 is 10.6 Å². The summed E-state index contributed by atoms with van der Waals surface area (Å²) < 4.78 is 2.09. The van der Waals surface area contributed by atoms with E-state index in [-0.39, 0.29) is 11.7 Å². The second-order valence-corrected chi connectivity index (χ2v) is 4.84. The van der Waals surface area contributed by atoms with Crippen molar-refractivity contribution in [3.8, 4) is 0 Å². The molecule has 5 heteroatoms. The van der Waals surface area contributed by atoms with Crippen molar-refractivity contribution in [1.29, 1.82) is 0 Å². The number of hydrogen-bond donors (Lipinski definition) is 2. The monoisotopic (exact) mass is 323 g/mol. The van der Waals surface area contributed by atoms with Crippen LogP contribution in [0.5, 0.6) is 0 Å². The maximum atomic E-state index is 5.97. The summed E-state index contributed by atoms with van der Waals surface area (Å²) in [5, 5.41) is 6.56. The zero-order valence-corrected chi connectivity index (χ0v) is 10.6. The number of hydrogen-bond acceptors (Lipinski definition) is 3. The SMILES string of the molecule is CC1=CN(I)C(C2=CC=CC(Cl)N2)N1. The molecule has 76 valence electrons. The van der Waals surface area contributed by atoms with Crippen LogP contribution in [0.4, 0.5) is 0 Å². The van der Waals surface area contributed by atoms with E-state index in [1.807, 2.05) is 25.2 Å². The third-order valence-corrected chi connectivity index (χ3v) is 3.17. The van der Waals surface area contributed by atoms with Gasteiger partial charge >= 0.3 is 0 Å². The summed E-state index contributed by atoms with van der Waals surface area (Å²) in [5.41, 5.74) is 2.14. The van der Waals surface area contributed by atoms with Crippen LogP contribution in [-0.4, -0.2) is 14.8 Å². The van der Waals surface area contributed by atoms with Gasteiger partial charge in [-0.1, -0.05) is 17.7 Å². The molecule has 0 radical (unpaired) electrons. The Labute approximate surface area is 102 Å². The molecule has 2 rings (SSSR count). The standard InChI is InChI=1S/C9H11ClIN3/c1-6-5-14(11)9(12-6)7-3-2-4-8(10)13-7/h2-5,8-9,12-13H,1H3. The van der Waals surface area contributed by atoms with Crippen LogP contribution in [0.2, 0.25) is 0 Å². The zero-order valence-electron chi connectivity index (χ0n) is 7.67. The molecule has 0 spiro atoms. The lowest BCUT2D eigenvalue weighted by Gasteiger charge is -2.26. The van der Waals surface area contributed by atoms with Crippen molar-refractivity contribution < 1.29 is 0 Å². The summed E-state index contributed by atoms with van der Waals surface area (Å²) in [6.07, 6.45) is 8.16. The van der Waals surface area contributed by atoms with Gasteiger partial charge in [0.2, 0.25) is 0 Å². The van der Waals surface area contributed by atoms with E-state index in [0.29, 0.717) is 0 Å². The lowest BCUT2D eigenvalue weighted by Crippen LogP contribution is -2.41. The van der Waals surface area contributed by atoms with Crippen LogP contribution < -0.4 is 10.6 Å². The van der Waals surface area contributed by atoms with Crippen molar-refractivity contribution in [2.75, 3.05) is 0 Å². The third-order valence-electron chi connectivity index (χ3n) is 2.08. The van der Waals surface area contributed by atoms with Gasteiger partial charge in [-0.2, -0.15) is 0 Å². The molecule has 2 aliphatic rings.